The molecule has 1 saturated carbocycles. The van der Waals surface area contributed by atoms with Gasteiger partial charge in [0.25, 0.3) is 5.56 Å². The van der Waals surface area contributed by atoms with Crippen molar-refractivity contribution >= 4 is 11.8 Å². The average molecular weight is 208 g/mol. The summed E-state index contributed by atoms with van der Waals surface area (Å²) < 4.78 is 0. The number of hydrogen-bond donors (Lipinski definition) is 1. The summed E-state index contributed by atoms with van der Waals surface area (Å²) in [5.41, 5.74) is 2.06. The third kappa shape index (κ3) is 1.38. The molecule has 0 amide bonds. The molecule has 74 valence electrons. The Morgan fingerprint density at radius 2 is 2.29 bits per heavy atom. The van der Waals surface area contributed by atoms with Crippen LogP contribution in [0.1, 0.15) is 35.8 Å². The summed E-state index contributed by atoms with van der Waals surface area (Å²) in [6.45, 7) is 0. The van der Waals surface area contributed by atoms with E-state index in [1.165, 1.54) is 12.8 Å². The molecular formula is C10H12N2OS. The van der Waals surface area contributed by atoms with Gasteiger partial charge in [0.1, 0.15) is 5.82 Å². The lowest BCUT2D eigenvalue weighted by molar-refractivity contribution is 0.838. The van der Waals surface area contributed by atoms with Gasteiger partial charge in [-0.2, -0.15) is 11.8 Å². The van der Waals surface area contributed by atoms with Crippen molar-refractivity contribution in [2.45, 2.75) is 30.9 Å². The van der Waals surface area contributed by atoms with Crippen molar-refractivity contribution in [3.05, 3.63) is 27.4 Å². The number of thioether (sulfide) groups is 1. The lowest BCUT2D eigenvalue weighted by atomic mass is 10.2. The number of fused-ring (bicyclic) bond motifs is 1. The summed E-state index contributed by atoms with van der Waals surface area (Å²) in [5, 5.41) is 0. The molecule has 2 heterocycles. The van der Waals surface area contributed by atoms with Gasteiger partial charge >= 0.3 is 0 Å². The summed E-state index contributed by atoms with van der Waals surface area (Å²) in [6, 6.07) is 0. The SMILES string of the molecule is O=c1[nH]c(C2CC2)nc2c1CSCC2. The van der Waals surface area contributed by atoms with Crippen molar-refractivity contribution in [3.63, 3.8) is 0 Å². The lowest BCUT2D eigenvalue weighted by Gasteiger charge is -2.13. The zero-order valence-corrected chi connectivity index (χ0v) is 8.69. The predicted molar refractivity (Wildman–Crippen MR) is 56.7 cm³/mol. The normalized spacial score (nSPS) is 20.6. The highest BCUT2D eigenvalue weighted by Crippen LogP contribution is 2.38. The number of aromatic amines is 1. The lowest BCUT2D eigenvalue weighted by Crippen LogP contribution is -2.22. The molecular weight excluding hydrogens is 196 g/mol. The van der Waals surface area contributed by atoms with Crippen LogP contribution in [0, 0.1) is 0 Å². The van der Waals surface area contributed by atoms with E-state index in [1.54, 1.807) is 0 Å². The van der Waals surface area contributed by atoms with Crippen LogP contribution in [0.25, 0.3) is 0 Å². The first kappa shape index (κ1) is 8.53. The quantitative estimate of drug-likeness (QED) is 0.759. The minimum absolute atomic E-state index is 0.101. The monoisotopic (exact) mass is 208 g/mol. The fourth-order valence-electron chi connectivity index (χ4n) is 1.81. The van der Waals surface area contributed by atoms with Crippen molar-refractivity contribution in [2.24, 2.45) is 0 Å². The van der Waals surface area contributed by atoms with Gasteiger partial charge in [-0.1, -0.05) is 0 Å². The second-order valence-electron chi connectivity index (χ2n) is 3.95. The molecule has 0 saturated heterocycles. The van der Waals surface area contributed by atoms with Gasteiger partial charge in [0.2, 0.25) is 0 Å². The first-order valence-corrected chi connectivity index (χ1v) is 6.20. The number of nitrogens with zero attached hydrogens (tertiary/aromatic N) is 1. The van der Waals surface area contributed by atoms with E-state index >= 15 is 0 Å². The Kier molecular flexibility index (Phi) is 1.90. The minimum atomic E-state index is 0.101. The first-order valence-electron chi connectivity index (χ1n) is 5.04. The van der Waals surface area contributed by atoms with Crippen LogP contribution in [0.15, 0.2) is 4.79 Å². The van der Waals surface area contributed by atoms with E-state index in [1.807, 2.05) is 11.8 Å². The predicted octanol–water partition coefficient (Wildman–Crippen LogP) is 1.44. The minimum Gasteiger partial charge on any atom is -0.310 e. The Hall–Kier alpha value is -0.770. The molecule has 0 bridgehead atoms. The van der Waals surface area contributed by atoms with E-state index in [0.717, 1.165) is 35.0 Å². The van der Waals surface area contributed by atoms with E-state index in [2.05, 4.69) is 9.97 Å². The van der Waals surface area contributed by atoms with Gasteiger partial charge in [0.05, 0.1) is 5.69 Å². The molecule has 1 N–H and O–H groups in total. The van der Waals surface area contributed by atoms with E-state index in [9.17, 15) is 4.79 Å². The number of H-pyrrole nitrogens is 1. The molecule has 1 aromatic heterocycles. The van der Waals surface area contributed by atoms with Gasteiger partial charge in [-0.25, -0.2) is 4.98 Å². The summed E-state index contributed by atoms with van der Waals surface area (Å²) in [7, 11) is 0. The van der Waals surface area contributed by atoms with Gasteiger partial charge in [0.15, 0.2) is 0 Å². The maximum absolute atomic E-state index is 11.7. The van der Waals surface area contributed by atoms with Crippen molar-refractivity contribution < 1.29 is 0 Å². The second-order valence-corrected chi connectivity index (χ2v) is 5.06. The zero-order valence-electron chi connectivity index (χ0n) is 7.88. The molecule has 0 spiro atoms. The van der Waals surface area contributed by atoms with Gasteiger partial charge in [-0.05, 0) is 25.0 Å². The average Bonchev–Trinajstić information content (AvgIpc) is 3.01. The summed E-state index contributed by atoms with van der Waals surface area (Å²) in [6.07, 6.45) is 3.34. The van der Waals surface area contributed by atoms with Crippen LogP contribution in [-0.2, 0) is 12.2 Å². The standard InChI is InChI=1S/C10H12N2OS/c13-10-7-5-14-4-3-8(7)11-9(12-10)6-1-2-6/h6H,1-5H2,(H,11,12,13). The van der Waals surface area contributed by atoms with Crippen molar-refractivity contribution in [1.29, 1.82) is 0 Å². The van der Waals surface area contributed by atoms with Gasteiger partial charge in [-0.3, -0.25) is 4.79 Å². The van der Waals surface area contributed by atoms with Crippen LogP contribution in [0.3, 0.4) is 0 Å². The molecule has 1 aliphatic carbocycles. The molecule has 4 heteroatoms. The van der Waals surface area contributed by atoms with E-state index in [0.29, 0.717) is 5.92 Å². The molecule has 3 nitrogen and oxygen atoms in total. The van der Waals surface area contributed by atoms with Crippen LogP contribution < -0.4 is 5.56 Å². The van der Waals surface area contributed by atoms with E-state index in [-0.39, 0.29) is 5.56 Å². The maximum Gasteiger partial charge on any atom is 0.255 e. The van der Waals surface area contributed by atoms with E-state index < -0.39 is 0 Å². The fraction of sp³-hybridized carbons (Fsp3) is 0.600. The van der Waals surface area contributed by atoms with Crippen molar-refractivity contribution in [3.8, 4) is 0 Å². The first-order chi connectivity index (χ1) is 6.84. The highest BCUT2D eigenvalue weighted by Gasteiger charge is 2.27. The van der Waals surface area contributed by atoms with Gasteiger partial charge in [0, 0.05) is 17.2 Å². The third-order valence-corrected chi connectivity index (χ3v) is 3.80. The molecule has 1 aliphatic heterocycles. The Bertz CT molecular complexity index is 423. The Morgan fingerprint density at radius 1 is 1.43 bits per heavy atom. The largest absolute Gasteiger partial charge is 0.310 e. The van der Waals surface area contributed by atoms with Crippen LogP contribution in [0.2, 0.25) is 0 Å². The summed E-state index contributed by atoms with van der Waals surface area (Å²) in [5.74, 6) is 3.42. The summed E-state index contributed by atoms with van der Waals surface area (Å²) >= 11 is 1.82. The van der Waals surface area contributed by atoms with Crippen LogP contribution in [0.5, 0.6) is 0 Å². The van der Waals surface area contributed by atoms with Gasteiger partial charge < -0.3 is 4.98 Å². The number of aryl methyl sites for hydroxylation is 1. The third-order valence-electron chi connectivity index (χ3n) is 2.81. The molecule has 0 unspecified atom stereocenters. The molecule has 0 radical (unpaired) electrons. The molecule has 0 atom stereocenters. The molecule has 3 rings (SSSR count). The molecule has 2 aliphatic rings. The van der Waals surface area contributed by atoms with Gasteiger partial charge in [-0.15, -0.1) is 0 Å². The van der Waals surface area contributed by atoms with Crippen LogP contribution >= 0.6 is 11.8 Å². The Labute approximate surface area is 86.3 Å². The molecule has 14 heavy (non-hydrogen) atoms. The van der Waals surface area contributed by atoms with Crippen LogP contribution in [-0.4, -0.2) is 15.7 Å². The molecule has 0 aromatic carbocycles. The number of hydrogen-bond acceptors (Lipinski definition) is 3. The number of nitrogens with one attached hydrogen (secondary N) is 1. The fourth-order valence-corrected chi connectivity index (χ4v) is 2.80. The maximum atomic E-state index is 11.7. The Morgan fingerprint density at radius 3 is 3.07 bits per heavy atom. The highest BCUT2D eigenvalue weighted by molar-refractivity contribution is 7.98. The van der Waals surface area contributed by atoms with E-state index in [4.69, 9.17) is 0 Å². The summed E-state index contributed by atoms with van der Waals surface area (Å²) in [4.78, 5) is 19.2. The zero-order chi connectivity index (χ0) is 9.54. The molecule has 1 fully saturated rings. The number of rotatable bonds is 1. The number of aromatic nitrogens is 2. The molecule has 1 aromatic rings. The van der Waals surface area contributed by atoms with Crippen molar-refractivity contribution in [1.82, 2.24) is 9.97 Å². The second kappa shape index (κ2) is 3.12. The Balaban J connectivity index is 2.11. The van der Waals surface area contributed by atoms with Crippen LogP contribution in [0.4, 0.5) is 0 Å². The smallest absolute Gasteiger partial charge is 0.255 e. The van der Waals surface area contributed by atoms with Crippen molar-refractivity contribution in [2.75, 3.05) is 5.75 Å². The topological polar surface area (TPSA) is 45.8 Å². The highest BCUT2D eigenvalue weighted by atomic mass is 32.2.